The minimum atomic E-state index is -4.47. The first kappa shape index (κ1) is 18.6. The molecule has 0 spiro atoms. The molecule has 6 heteroatoms. The molecule has 0 saturated carbocycles. The highest BCUT2D eigenvalue weighted by atomic mass is 31.2. The SMILES string of the molecule is O=P(O)(O)c1ccc2cc(-c3cccnc3)cc(-c3cccc4ccccc34)c2n1. The second-order valence-electron chi connectivity index (χ2n) is 7.08. The van der Waals surface area contributed by atoms with Gasteiger partial charge in [0, 0.05) is 28.9 Å². The fourth-order valence-corrected chi connectivity index (χ4v) is 4.25. The zero-order valence-corrected chi connectivity index (χ0v) is 16.7. The van der Waals surface area contributed by atoms with E-state index in [2.05, 4.69) is 9.97 Å². The molecule has 0 bridgehead atoms. The van der Waals surface area contributed by atoms with E-state index in [-0.39, 0.29) is 5.44 Å². The number of hydrogen-bond donors (Lipinski definition) is 2. The molecule has 0 aliphatic rings. The maximum Gasteiger partial charge on any atom is 0.374 e. The molecule has 5 nitrogen and oxygen atoms in total. The third kappa shape index (κ3) is 3.29. The molecule has 0 radical (unpaired) electrons. The van der Waals surface area contributed by atoms with Crippen molar-refractivity contribution < 1.29 is 14.4 Å². The van der Waals surface area contributed by atoms with Crippen LogP contribution in [0.15, 0.2) is 91.3 Å². The summed E-state index contributed by atoms with van der Waals surface area (Å²) in [5, 5.41) is 2.94. The molecule has 0 unspecified atom stereocenters. The summed E-state index contributed by atoms with van der Waals surface area (Å²) in [6.45, 7) is 0. The van der Waals surface area contributed by atoms with Crippen molar-refractivity contribution in [1.82, 2.24) is 9.97 Å². The summed E-state index contributed by atoms with van der Waals surface area (Å²) >= 11 is 0. The van der Waals surface area contributed by atoms with Crippen molar-refractivity contribution in [3.63, 3.8) is 0 Å². The molecule has 30 heavy (non-hydrogen) atoms. The van der Waals surface area contributed by atoms with Gasteiger partial charge >= 0.3 is 7.60 Å². The Bertz CT molecular complexity index is 1440. The van der Waals surface area contributed by atoms with Crippen molar-refractivity contribution in [1.29, 1.82) is 0 Å². The lowest BCUT2D eigenvalue weighted by Gasteiger charge is -2.14. The number of aromatic nitrogens is 2. The average molecular weight is 412 g/mol. The van der Waals surface area contributed by atoms with Crippen LogP contribution in [-0.2, 0) is 4.57 Å². The van der Waals surface area contributed by atoms with E-state index in [1.54, 1.807) is 18.5 Å². The summed E-state index contributed by atoms with van der Waals surface area (Å²) in [4.78, 5) is 27.9. The predicted molar refractivity (Wildman–Crippen MR) is 120 cm³/mol. The van der Waals surface area contributed by atoms with Crippen LogP contribution in [0.3, 0.4) is 0 Å². The van der Waals surface area contributed by atoms with Crippen LogP contribution in [0, 0.1) is 0 Å². The highest BCUT2D eigenvalue weighted by Crippen LogP contribution is 2.38. The van der Waals surface area contributed by atoms with Crippen molar-refractivity contribution in [3.8, 4) is 22.3 Å². The molecule has 2 heterocycles. The summed E-state index contributed by atoms with van der Waals surface area (Å²) in [5.41, 5.74) is 4.02. The van der Waals surface area contributed by atoms with Crippen LogP contribution in [0.2, 0.25) is 0 Å². The van der Waals surface area contributed by atoms with Gasteiger partial charge in [0.25, 0.3) is 0 Å². The van der Waals surface area contributed by atoms with E-state index in [9.17, 15) is 14.4 Å². The molecule has 2 N–H and O–H groups in total. The quantitative estimate of drug-likeness (QED) is 0.411. The molecule has 0 aliphatic heterocycles. The molecule has 2 aromatic heterocycles. The molecule has 146 valence electrons. The molecule has 5 rings (SSSR count). The fraction of sp³-hybridized carbons (Fsp3) is 0. The van der Waals surface area contributed by atoms with Crippen molar-refractivity contribution in [2.45, 2.75) is 0 Å². The van der Waals surface area contributed by atoms with Crippen LogP contribution in [0.25, 0.3) is 43.9 Å². The molecule has 0 atom stereocenters. The molecule has 0 fully saturated rings. The highest BCUT2D eigenvalue weighted by Gasteiger charge is 2.21. The zero-order chi connectivity index (χ0) is 20.7. The van der Waals surface area contributed by atoms with Crippen LogP contribution in [-0.4, -0.2) is 19.8 Å². The molecular weight excluding hydrogens is 395 g/mol. The van der Waals surface area contributed by atoms with Gasteiger partial charge in [-0.25, -0.2) is 4.98 Å². The third-order valence-electron chi connectivity index (χ3n) is 5.15. The topological polar surface area (TPSA) is 83.3 Å². The molecule has 0 aliphatic carbocycles. The lowest BCUT2D eigenvalue weighted by molar-refractivity contribution is 0.386. The van der Waals surface area contributed by atoms with Crippen molar-refractivity contribution in [2.24, 2.45) is 0 Å². The van der Waals surface area contributed by atoms with E-state index in [1.165, 1.54) is 6.07 Å². The number of benzene rings is 3. The number of pyridine rings is 2. The standard InChI is InChI=1S/C24H17N2O3P/c27-30(28,29)23-11-10-17-13-19(18-7-4-12-25-15-18)14-22(24(17)26-23)21-9-3-6-16-5-1-2-8-20(16)21/h1-15H,(H2,27,28,29). The van der Waals surface area contributed by atoms with E-state index in [0.29, 0.717) is 5.52 Å². The first-order valence-electron chi connectivity index (χ1n) is 9.40. The minimum Gasteiger partial charge on any atom is -0.320 e. The van der Waals surface area contributed by atoms with Crippen LogP contribution in [0.5, 0.6) is 0 Å². The molecule has 3 aromatic carbocycles. The normalized spacial score (nSPS) is 11.8. The lowest BCUT2D eigenvalue weighted by atomic mass is 9.93. The van der Waals surface area contributed by atoms with Gasteiger partial charge in [0.15, 0.2) is 5.44 Å². The van der Waals surface area contributed by atoms with Gasteiger partial charge in [-0.2, -0.15) is 0 Å². The Morgan fingerprint density at radius 3 is 2.37 bits per heavy atom. The van der Waals surface area contributed by atoms with E-state index in [1.807, 2.05) is 66.7 Å². The van der Waals surface area contributed by atoms with Gasteiger partial charge in [-0.3, -0.25) is 9.55 Å². The molecule has 0 saturated heterocycles. The summed E-state index contributed by atoms with van der Waals surface area (Å²) in [6.07, 6.45) is 3.52. The molecule has 5 aromatic rings. The number of rotatable bonds is 3. The Hall–Kier alpha value is -3.37. The Morgan fingerprint density at radius 1 is 0.733 bits per heavy atom. The molecule has 0 amide bonds. The minimum absolute atomic E-state index is 0.231. The largest absolute Gasteiger partial charge is 0.374 e. The maximum atomic E-state index is 11.8. The number of hydrogen-bond acceptors (Lipinski definition) is 3. The summed E-state index contributed by atoms with van der Waals surface area (Å²) in [7, 11) is -4.47. The monoisotopic (exact) mass is 412 g/mol. The first-order chi connectivity index (χ1) is 14.5. The average Bonchev–Trinajstić information content (AvgIpc) is 2.77. The Kier molecular flexibility index (Phi) is 4.44. The lowest BCUT2D eigenvalue weighted by Crippen LogP contribution is -2.09. The van der Waals surface area contributed by atoms with Gasteiger partial charge in [-0.15, -0.1) is 0 Å². The Morgan fingerprint density at radius 2 is 1.57 bits per heavy atom. The predicted octanol–water partition coefficient (Wildman–Crippen LogP) is 4.92. The van der Waals surface area contributed by atoms with Crippen molar-refractivity contribution in [2.75, 3.05) is 0 Å². The van der Waals surface area contributed by atoms with Gasteiger partial charge in [0.1, 0.15) is 0 Å². The molecular formula is C24H17N2O3P. The number of fused-ring (bicyclic) bond motifs is 2. The summed E-state index contributed by atoms with van der Waals surface area (Å²) in [5.74, 6) is 0. The Balaban J connectivity index is 1.88. The summed E-state index contributed by atoms with van der Waals surface area (Å²) < 4.78 is 11.8. The van der Waals surface area contributed by atoms with E-state index in [4.69, 9.17) is 0 Å². The van der Waals surface area contributed by atoms with Gasteiger partial charge < -0.3 is 9.79 Å². The summed E-state index contributed by atoms with van der Waals surface area (Å²) in [6, 6.07) is 25.0. The van der Waals surface area contributed by atoms with Crippen LogP contribution < -0.4 is 5.44 Å². The van der Waals surface area contributed by atoms with Crippen LogP contribution in [0.1, 0.15) is 0 Å². The smallest absolute Gasteiger partial charge is 0.320 e. The van der Waals surface area contributed by atoms with Crippen LogP contribution in [0.4, 0.5) is 0 Å². The Labute approximate surface area is 172 Å². The van der Waals surface area contributed by atoms with Crippen molar-refractivity contribution in [3.05, 3.63) is 91.3 Å². The highest BCUT2D eigenvalue weighted by molar-refractivity contribution is 7.60. The van der Waals surface area contributed by atoms with Gasteiger partial charge in [0.05, 0.1) is 5.52 Å². The van der Waals surface area contributed by atoms with Gasteiger partial charge in [-0.05, 0) is 46.2 Å². The zero-order valence-electron chi connectivity index (χ0n) is 15.8. The fourth-order valence-electron chi connectivity index (χ4n) is 3.75. The second kappa shape index (κ2) is 7.15. The number of nitrogens with zero attached hydrogens (tertiary/aromatic N) is 2. The van der Waals surface area contributed by atoms with Crippen LogP contribution >= 0.6 is 7.60 Å². The van der Waals surface area contributed by atoms with E-state index in [0.717, 1.165) is 38.4 Å². The van der Waals surface area contributed by atoms with Gasteiger partial charge in [-0.1, -0.05) is 54.6 Å². The van der Waals surface area contributed by atoms with E-state index < -0.39 is 7.60 Å². The van der Waals surface area contributed by atoms with Gasteiger partial charge in [0.2, 0.25) is 0 Å². The van der Waals surface area contributed by atoms with Crippen molar-refractivity contribution >= 4 is 34.7 Å². The third-order valence-corrected chi connectivity index (χ3v) is 6.00. The maximum absolute atomic E-state index is 11.8. The van der Waals surface area contributed by atoms with E-state index >= 15 is 0 Å². The first-order valence-corrected chi connectivity index (χ1v) is 11.0. The second-order valence-corrected chi connectivity index (χ2v) is 8.62.